The predicted molar refractivity (Wildman–Crippen MR) is 83.7 cm³/mol. The van der Waals surface area contributed by atoms with Gasteiger partial charge in [0.1, 0.15) is 11.4 Å². The Bertz CT molecular complexity index is 532. The van der Waals surface area contributed by atoms with Crippen molar-refractivity contribution < 1.29 is 14.6 Å². The lowest BCUT2D eigenvalue weighted by atomic mass is 9.96. The number of rotatable bonds is 2. The number of ether oxygens (including phenoxy) is 1. The van der Waals surface area contributed by atoms with E-state index in [2.05, 4.69) is 0 Å². The van der Waals surface area contributed by atoms with E-state index >= 15 is 0 Å². The molecule has 21 heavy (non-hydrogen) atoms. The second-order valence-electron chi connectivity index (χ2n) is 6.77. The molecule has 0 aliphatic heterocycles. The molecule has 1 aliphatic carbocycles. The standard InChI is InChI=1S/C17H23ClO3/c1-17(2,3)21-15(20)10-11-4-6-12-7-9-14(19)16(18)13(12)8-5-11/h7,9,11,19H,4-6,8,10H2,1-3H3. The molecule has 116 valence electrons. The topological polar surface area (TPSA) is 46.5 Å². The van der Waals surface area contributed by atoms with E-state index in [0.717, 1.165) is 31.2 Å². The predicted octanol–water partition coefficient (Wildman–Crippen LogP) is 4.27. The fourth-order valence-electron chi connectivity index (χ4n) is 2.83. The van der Waals surface area contributed by atoms with Crippen LogP contribution in [0.1, 0.15) is 51.2 Å². The quantitative estimate of drug-likeness (QED) is 0.655. The molecule has 1 atom stereocenters. The van der Waals surface area contributed by atoms with Crippen molar-refractivity contribution in [1.82, 2.24) is 0 Å². The van der Waals surface area contributed by atoms with Gasteiger partial charge < -0.3 is 9.84 Å². The third kappa shape index (κ3) is 4.37. The van der Waals surface area contributed by atoms with Crippen molar-refractivity contribution in [3.05, 3.63) is 28.3 Å². The van der Waals surface area contributed by atoms with Crippen molar-refractivity contribution in [2.24, 2.45) is 5.92 Å². The number of carbonyl (C=O) groups excluding carboxylic acids is 1. The van der Waals surface area contributed by atoms with Crippen LogP contribution in [0.3, 0.4) is 0 Å². The van der Waals surface area contributed by atoms with Crippen LogP contribution in [-0.4, -0.2) is 16.7 Å². The summed E-state index contributed by atoms with van der Waals surface area (Å²) in [6.07, 6.45) is 4.00. The van der Waals surface area contributed by atoms with Crippen LogP contribution in [0.2, 0.25) is 5.02 Å². The first-order valence-electron chi connectivity index (χ1n) is 7.47. The van der Waals surface area contributed by atoms with Crippen molar-refractivity contribution in [3.8, 4) is 5.75 Å². The lowest BCUT2D eigenvalue weighted by molar-refractivity contribution is -0.156. The fraction of sp³-hybridized carbons (Fsp3) is 0.588. The average Bonchev–Trinajstić information content (AvgIpc) is 2.55. The average molecular weight is 311 g/mol. The highest BCUT2D eigenvalue weighted by molar-refractivity contribution is 6.32. The number of phenols is 1. The Balaban J connectivity index is 2.00. The summed E-state index contributed by atoms with van der Waals surface area (Å²) in [5.41, 5.74) is 1.78. The minimum absolute atomic E-state index is 0.132. The molecule has 2 rings (SSSR count). The Morgan fingerprint density at radius 1 is 1.33 bits per heavy atom. The summed E-state index contributed by atoms with van der Waals surface area (Å²) in [7, 11) is 0. The third-order valence-corrected chi connectivity index (χ3v) is 4.24. The van der Waals surface area contributed by atoms with Gasteiger partial charge in [0.2, 0.25) is 0 Å². The third-order valence-electron chi connectivity index (χ3n) is 3.82. The van der Waals surface area contributed by atoms with Gasteiger partial charge in [0.05, 0.1) is 5.02 Å². The lowest BCUT2D eigenvalue weighted by Crippen LogP contribution is -2.25. The van der Waals surface area contributed by atoms with Gasteiger partial charge in [-0.2, -0.15) is 0 Å². The van der Waals surface area contributed by atoms with E-state index in [1.54, 1.807) is 6.07 Å². The minimum atomic E-state index is -0.431. The zero-order valence-electron chi connectivity index (χ0n) is 12.9. The number of fused-ring (bicyclic) bond motifs is 1. The molecule has 0 fully saturated rings. The van der Waals surface area contributed by atoms with Crippen LogP contribution in [0, 0.1) is 5.92 Å². The van der Waals surface area contributed by atoms with Crippen LogP contribution in [0.25, 0.3) is 0 Å². The second kappa shape index (κ2) is 6.27. The summed E-state index contributed by atoms with van der Waals surface area (Å²) in [4.78, 5) is 11.9. The Morgan fingerprint density at radius 3 is 2.67 bits per heavy atom. The van der Waals surface area contributed by atoms with Gasteiger partial charge in [-0.05, 0) is 69.6 Å². The summed E-state index contributed by atoms with van der Waals surface area (Å²) in [5, 5.41) is 10.2. The van der Waals surface area contributed by atoms with E-state index in [0.29, 0.717) is 17.4 Å². The summed E-state index contributed by atoms with van der Waals surface area (Å²) < 4.78 is 5.40. The number of aromatic hydroxyl groups is 1. The van der Waals surface area contributed by atoms with E-state index in [-0.39, 0.29) is 11.7 Å². The van der Waals surface area contributed by atoms with Crippen molar-refractivity contribution in [2.45, 2.75) is 58.5 Å². The Hall–Kier alpha value is -1.22. The first-order chi connectivity index (χ1) is 9.76. The monoisotopic (exact) mass is 310 g/mol. The summed E-state index contributed by atoms with van der Waals surface area (Å²) in [6.45, 7) is 5.66. The van der Waals surface area contributed by atoms with Gasteiger partial charge in [0.15, 0.2) is 0 Å². The highest BCUT2D eigenvalue weighted by atomic mass is 35.5. The maximum Gasteiger partial charge on any atom is 0.306 e. The minimum Gasteiger partial charge on any atom is -0.506 e. The smallest absolute Gasteiger partial charge is 0.306 e. The molecule has 0 saturated heterocycles. The van der Waals surface area contributed by atoms with Crippen LogP contribution in [-0.2, 0) is 22.4 Å². The molecule has 0 aromatic heterocycles. The molecule has 4 heteroatoms. The van der Waals surface area contributed by atoms with E-state index in [9.17, 15) is 9.90 Å². The molecule has 0 heterocycles. The number of carbonyl (C=O) groups is 1. The molecule has 0 amide bonds. The molecular formula is C17H23ClO3. The number of halogens is 1. The molecule has 0 saturated carbocycles. The Kier molecular flexibility index (Phi) is 4.82. The number of phenolic OH excluding ortho intramolecular Hbond substituents is 1. The number of aryl methyl sites for hydroxylation is 1. The SMILES string of the molecule is CC(C)(C)OC(=O)CC1CCc2ccc(O)c(Cl)c2CC1. The molecule has 0 spiro atoms. The van der Waals surface area contributed by atoms with Crippen LogP contribution in [0.4, 0.5) is 0 Å². The number of benzene rings is 1. The summed E-state index contributed by atoms with van der Waals surface area (Å²) >= 11 is 6.18. The van der Waals surface area contributed by atoms with Gasteiger partial charge in [-0.15, -0.1) is 0 Å². The Labute approximate surface area is 131 Å². The summed E-state index contributed by atoms with van der Waals surface area (Å²) in [5.74, 6) is 0.318. The zero-order chi connectivity index (χ0) is 15.6. The van der Waals surface area contributed by atoms with Crippen LogP contribution < -0.4 is 0 Å². The van der Waals surface area contributed by atoms with Crippen molar-refractivity contribution in [1.29, 1.82) is 0 Å². The number of hydrogen-bond acceptors (Lipinski definition) is 3. The fourth-order valence-corrected chi connectivity index (χ4v) is 3.11. The maximum atomic E-state index is 11.9. The molecule has 1 aromatic rings. The van der Waals surface area contributed by atoms with E-state index in [4.69, 9.17) is 16.3 Å². The molecule has 0 bridgehead atoms. The molecule has 1 aromatic carbocycles. The highest BCUT2D eigenvalue weighted by Gasteiger charge is 2.24. The molecule has 1 unspecified atom stereocenters. The number of esters is 1. The second-order valence-corrected chi connectivity index (χ2v) is 7.15. The van der Waals surface area contributed by atoms with E-state index in [1.165, 1.54) is 5.56 Å². The van der Waals surface area contributed by atoms with Gasteiger partial charge >= 0.3 is 5.97 Å². The highest BCUT2D eigenvalue weighted by Crippen LogP contribution is 2.35. The van der Waals surface area contributed by atoms with Crippen molar-refractivity contribution in [3.63, 3.8) is 0 Å². The summed E-state index contributed by atoms with van der Waals surface area (Å²) in [6, 6.07) is 3.59. The molecule has 0 radical (unpaired) electrons. The Morgan fingerprint density at radius 2 is 2.00 bits per heavy atom. The molecule has 1 aliphatic rings. The molecule has 3 nitrogen and oxygen atoms in total. The van der Waals surface area contributed by atoms with Crippen LogP contribution in [0.5, 0.6) is 5.75 Å². The number of hydrogen-bond donors (Lipinski definition) is 1. The zero-order valence-corrected chi connectivity index (χ0v) is 13.7. The largest absolute Gasteiger partial charge is 0.506 e. The van der Waals surface area contributed by atoms with Crippen molar-refractivity contribution in [2.75, 3.05) is 0 Å². The normalized spacial score (nSPS) is 18.8. The van der Waals surface area contributed by atoms with Gasteiger partial charge in [0, 0.05) is 6.42 Å². The first kappa shape index (κ1) is 16.2. The van der Waals surface area contributed by atoms with Crippen LogP contribution >= 0.6 is 11.6 Å². The van der Waals surface area contributed by atoms with Crippen molar-refractivity contribution >= 4 is 17.6 Å². The first-order valence-corrected chi connectivity index (χ1v) is 7.85. The molecular weight excluding hydrogens is 288 g/mol. The van der Waals surface area contributed by atoms with Gasteiger partial charge in [-0.1, -0.05) is 17.7 Å². The van der Waals surface area contributed by atoms with Gasteiger partial charge in [-0.25, -0.2) is 0 Å². The lowest BCUT2D eigenvalue weighted by Gasteiger charge is -2.21. The van der Waals surface area contributed by atoms with Gasteiger partial charge in [0.25, 0.3) is 0 Å². The molecule has 1 N–H and O–H groups in total. The van der Waals surface area contributed by atoms with E-state index in [1.807, 2.05) is 26.8 Å². The van der Waals surface area contributed by atoms with Crippen LogP contribution in [0.15, 0.2) is 12.1 Å². The maximum absolute atomic E-state index is 11.9. The van der Waals surface area contributed by atoms with E-state index < -0.39 is 5.60 Å². The van der Waals surface area contributed by atoms with Gasteiger partial charge in [-0.3, -0.25) is 4.79 Å².